The van der Waals surface area contributed by atoms with Crippen LogP contribution >= 0.6 is 7.26 Å². The number of hydrogen-bond acceptors (Lipinski definition) is 1. The van der Waals surface area contributed by atoms with Gasteiger partial charge in [0.1, 0.15) is 23.2 Å². The summed E-state index contributed by atoms with van der Waals surface area (Å²) in [7, 11) is 1.56. The molecule has 170 valence electrons. The lowest BCUT2D eigenvalue weighted by atomic mass is 9.90. The van der Waals surface area contributed by atoms with Crippen molar-refractivity contribution in [1.82, 2.24) is 4.90 Å². The number of rotatable bonds is 6. The first-order valence-corrected chi connectivity index (χ1v) is 13.9. The Morgan fingerprint density at radius 1 is 0.727 bits per heavy atom. The molecule has 2 atom stereocenters. The third-order valence-corrected chi connectivity index (χ3v) is 11.7. The van der Waals surface area contributed by atoms with Gasteiger partial charge < -0.3 is 4.90 Å². The summed E-state index contributed by atoms with van der Waals surface area (Å²) in [5.41, 5.74) is -0.0915. The molecule has 0 bridgehead atoms. The van der Waals surface area contributed by atoms with Crippen LogP contribution in [0.2, 0.25) is 0 Å². The first kappa shape index (κ1) is 23.5. The van der Waals surface area contributed by atoms with E-state index in [2.05, 4.69) is 103 Å². The Labute approximate surface area is 199 Å². The van der Waals surface area contributed by atoms with E-state index in [0.29, 0.717) is 5.92 Å². The molecule has 0 saturated heterocycles. The van der Waals surface area contributed by atoms with E-state index in [1.54, 1.807) is 0 Å². The SMILES string of the molecule is CN(C)C(=O)C(C1CC/C=C\CCC1)[P+](c1ccccc1)(c1ccccc1)c1ccccc1. The van der Waals surface area contributed by atoms with Crippen LogP contribution in [0.5, 0.6) is 0 Å². The molecule has 3 aromatic carbocycles. The second-order valence-electron chi connectivity index (χ2n) is 9.15. The van der Waals surface area contributed by atoms with Crippen molar-refractivity contribution in [2.45, 2.75) is 37.8 Å². The van der Waals surface area contributed by atoms with Gasteiger partial charge in [-0.15, -0.1) is 0 Å². The summed E-state index contributed by atoms with van der Waals surface area (Å²) in [5, 5.41) is 3.88. The zero-order valence-electron chi connectivity index (χ0n) is 19.8. The van der Waals surface area contributed by atoms with Gasteiger partial charge in [-0.05, 0) is 68.5 Å². The van der Waals surface area contributed by atoms with Crippen LogP contribution in [0.15, 0.2) is 103 Å². The number of amides is 1. The number of hydrogen-bond donors (Lipinski definition) is 0. The minimum absolute atomic E-state index is 0.0915. The van der Waals surface area contributed by atoms with Crippen molar-refractivity contribution >= 4 is 29.1 Å². The van der Waals surface area contributed by atoms with Gasteiger partial charge in [0.15, 0.2) is 5.66 Å². The number of carbonyl (C=O) groups is 1. The second-order valence-corrected chi connectivity index (χ2v) is 12.7. The predicted octanol–water partition coefficient (Wildman–Crippen LogP) is 5.57. The van der Waals surface area contributed by atoms with E-state index in [0.717, 1.165) is 32.1 Å². The number of allylic oxidation sites excluding steroid dienone is 2. The van der Waals surface area contributed by atoms with Crippen molar-refractivity contribution in [2.75, 3.05) is 14.1 Å². The molecule has 0 fully saturated rings. The van der Waals surface area contributed by atoms with Crippen LogP contribution in [0, 0.1) is 5.92 Å². The summed E-state index contributed by atoms with van der Waals surface area (Å²) < 4.78 is 0. The van der Waals surface area contributed by atoms with E-state index in [1.807, 2.05) is 19.0 Å². The molecular formula is C30H35NOP+. The van der Waals surface area contributed by atoms with Crippen LogP contribution in [0.4, 0.5) is 0 Å². The largest absolute Gasteiger partial charge is 0.345 e. The van der Waals surface area contributed by atoms with Crippen molar-refractivity contribution in [3.05, 3.63) is 103 Å². The van der Waals surface area contributed by atoms with Crippen LogP contribution in [0.3, 0.4) is 0 Å². The highest BCUT2D eigenvalue weighted by atomic mass is 31.2. The monoisotopic (exact) mass is 456 g/mol. The standard InChI is InChI=1S/C30H35NOP/c1-31(2)30(32)29(25-17-9-4-3-5-10-18-25)33(26-19-11-6-12-20-26,27-21-13-7-14-22-27)28-23-15-8-16-24-28/h3-4,6-8,11-16,19-25,29H,5,9-10,17-18H2,1-2H3/q+1/b4-3-. The maximum Gasteiger partial charge on any atom is 0.264 e. The fourth-order valence-electron chi connectivity index (χ4n) is 5.37. The molecule has 0 saturated carbocycles. The van der Waals surface area contributed by atoms with Crippen LogP contribution in [0.1, 0.15) is 32.1 Å². The molecule has 3 aromatic rings. The van der Waals surface area contributed by atoms with Gasteiger partial charge in [0.25, 0.3) is 5.91 Å². The van der Waals surface area contributed by atoms with E-state index in [9.17, 15) is 4.79 Å². The van der Waals surface area contributed by atoms with E-state index < -0.39 is 7.26 Å². The highest BCUT2D eigenvalue weighted by molar-refractivity contribution is 7.96. The molecule has 1 aliphatic carbocycles. The molecule has 0 heterocycles. The Bertz CT molecular complexity index is 950. The number of nitrogens with zero attached hydrogens (tertiary/aromatic N) is 1. The lowest BCUT2D eigenvalue weighted by Crippen LogP contribution is -2.49. The number of carbonyl (C=O) groups excluding carboxylic acids is 1. The molecule has 1 aliphatic rings. The van der Waals surface area contributed by atoms with Crippen molar-refractivity contribution in [3.8, 4) is 0 Å². The Balaban J connectivity index is 2.05. The van der Waals surface area contributed by atoms with Crippen LogP contribution < -0.4 is 15.9 Å². The first-order valence-electron chi connectivity index (χ1n) is 12.1. The minimum Gasteiger partial charge on any atom is -0.345 e. The second kappa shape index (κ2) is 10.9. The van der Waals surface area contributed by atoms with Gasteiger partial charge in [-0.25, -0.2) is 0 Å². The highest BCUT2D eigenvalue weighted by Crippen LogP contribution is 2.63. The molecule has 2 unspecified atom stereocenters. The summed E-state index contributed by atoms with van der Waals surface area (Å²) in [5.74, 6) is 0.591. The first-order chi connectivity index (χ1) is 16.2. The minimum atomic E-state index is -2.29. The summed E-state index contributed by atoms with van der Waals surface area (Å²) in [4.78, 5) is 16.1. The zero-order valence-corrected chi connectivity index (χ0v) is 20.7. The van der Waals surface area contributed by atoms with Crippen molar-refractivity contribution in [3.63, 3.8) is 0 Å². The Hall–Kier alpha value is -2.70. The molecule has 0 spiro atoms. The van der Waals surface area contributed by atoms with Gasteiger partial charge in [0, 0.05) is 20.0 Å². The average Bonchev–Trinajstić information content (AvgIpc) is 2.84. The smallest absolute Gasteiger partial charge is 0.264 e. The summed E-state index contributed by atoms with van der Waals surface area (Å²) >= 11 is 0. The maximum atomic E-state index is 14.2. The fourth-order valence-corrected chi connectivity index (χ4v) is 10.6. The maximum absolute atomic E-state index is 14.2. The predicted molar refractivity (Wildman–Crippen MR) is 143 cm³/mol. The van der Waals surface area contributed by atoms with Gasteiger partial charge in [-0.2, -0.15) is 0 Å². The van der Waals surface area contributed by atoms with E-state index in [-0.39, 0.29) is 11.6 Å². The zero-order chi connectivity index (χ0) is 23.1. The van der Waals surface area contributed by atoms with Gasteiger partial charge in [0.05, 0.1) is 0 Å². The highest BCUT2D eigenvalue weighted by Gasteiger charge is 2.58. The van der Waals surface area contributed by atoms with Gasteiger partial charge >= 0.3 is 0 Å². The molecule has 0 aliphatic heterocycles. The van der Waals surface area contributed by atoms with E-state index >= 15 is 0 Å². The lowest BCUT2D eigenvalue weighted by molar-refractivity contribution is -0.129. The third-order valence-electron chi connectivity index (χ3n) is 6.86. The van der Waals surface area contributed by atoms with E-state index in [4.69, 9.17) is 0 Å². The van der Waals surface area contributed by atoms with Crippen LogP contribution in [-0.4, -0.2) is 30.6 Å². The molecule has 3 heteroatoms. The molecule has 4 rings (SSSR count). The molecule has 0 radical (unpaired) electrons. The Morgan fingerprint density at radius 3 is 1.64 bits per heavy atom. The van der Waals surface area contributed by atoms with Crippen molar-refractivity contribution < 1.29 is 4.79 Å². The Morgan fingerprint density at radius 2 is 1.18 bits per heavy atom. The average molecular weight is 457 g/mol. The molecule has 0 N–H and O–H groups in total. The normalized spacial score (nSPS) is 18.5. The summed E-state index contributed by atoms with van der Waals surface area (Å²) in [6.07, 6.45) is 10.0. The molecule has 33 heavy (non-hydrogen) atoms. The molecular weight excluding hydrogens is 421 g/mol. The van der Waals surface area contributed by atoms with Gasteiger partial charge in [0.2, 0.25) is 0 Å². The summed E-state index contributed by atoms with van der Waals surface area (Å²) in [6.45, 7) is 0. The third kappa shape index (κ3) is 4.82. The van der Waals surface area contributed by atoms with Gasteiger partial charge in [-0.3, -0.25) is 4.79 Å². The lowest BCUT2D eigenvalue weighted by Gasteiger charge is -2.39. The van der Waals surface area contributed by atoms with Crippen LogP contribution in [0.25, 0.3) is 0 Å². The summed E-state index contributed by atoms with van der Waals surface area (Å²) in [6, 6.07) is 32.6. The molecule has 1 amide bonds. The van der Waals surface area contributed by atoms with Crippen molar-refractivity contribution in [1.29, 1.82) is 0 Å². The fraction of sp³-hybridized carbons (Fsp3) is 0.300. The van der Waals surface area contributed by atoms with Crippen molar-refractivity contribution in [2.24, 2.45) is 5.92 Å². The van der Waals surface area contributed by atoms with Crippen LogP contribution in [-0.2, 0) is 4.79 Å². The molecule has 2 nitrogen and oxygen atoms in total. The van der Waals surface area contributed by atoms with Gasteiger partial charge in [-0.1, -0.05) is 66.7 Å². The number of benzene rings is 3. The quantitative estimate of drug-likeness (QED) is 0.351. The molecule has 0 aromatic heterocycles. The van der Waals surface area contributed by atoms with E-state index in [1.165, 1.54) is 15.9 Å². The topological polar surface area (TPSA) is 20.3 Å². The Kier molecular flexibility index (Phi) is 7.78.